The Hall–Kier alpha value is -2.69. The molecule has 3 aromatic rings. The molecule has 0 N–H and O–H groups in total. The average Bonchev–Trinajstić information content (AvgIpc) is 3.18. The normalized spacial score (nSPS) is 20.7. The second-order valence-corrected chi connectivity index (χ2v) is 6.48. The lowest BCUT2D eigenvalue weighted by Gasteiger charge is -2.25. The second-order valence-electron chi connectivity index (χ2n) is 6.48. The zero-order valence-corrected chi connectivity index (χ0v) is 13.9. The molecule has 1 aliphatic rings. The molecule has 0 bridgehead atoms. The number of carbonyl (C=O) groups excluding carboxylic acids is 1. The van der Waals surface area contributed by atoms with Gasteiger partial charge in [-0.3, -0.25) is 4.79 Å². The summed E-state index contributed by atoms with van der Waals surface area (Å²) in [5.41, 5.74) is 3.18. The topological polar surface area (TPSA) is 50.5 Å². The molecule has 4 rings (SSSR count). The fourth-order valence-electron chi connectivity index (χ4n) is 3.60. The van der Waals surface area contributed by atoms with Gasteiger partial charge in [0.15, 0.2) is 5.65 Å². The van der Waals surface area contributed by atoms with Gasteiger partial charge in [0.2, 0.25) is 0 Å². The zero-order valence-electron chi connectivity index (χ0n) is 13.9. The van der Waals surface area contributed by atoms with Crippen molar-refractivity contribution in [2.45, 2.75) is 38.8 Å². The van der Waals surface area contributed by atoms with Crippen molar-refractivity contribution in [3.63, 3.8) is 0 Å². The first-order chi connectivity index (χ1) is 11.7. The number of rotatable bonds is 2. The molecule has 0 radical (unpaired) electrons. The van der Waals surface area contributed by atoms with Crippen molar-refractivity contribution >= 4 is 11.6 Å². The molecular formula is C19H20N4O. The van der Waals surface area contributed by atoms with E-state index in [0.717, 1.165) is 24.1 Å². The third-order valence-electron chi connectivity index (χ3n) is 4.89. The first kappa shape index (κ1) is 14.9. The van der Waals surface area contributed by atoms with Gasteiger partial charge in [-0.25, -0.2) is 9.50 Å². The Morgan fingerprint density at radius 2 is 1.79 bits per heavy atom. The molecule has 2 aromatic heterocycles. The number of likely N-dealkylation sites (tertiary alicyclic amines) is 1. The van der Waals surface area contributed by atoms with E-state index in [9.17, 15) is 4.79 Å². The van der Waals surface area contributed by atoms with Gasteiger partial charge in [0.25, 0.3) is 5.91 Å². The van der Waals surface area contributed by atoms with E-state index in [4.69, 9.17) is 0 Å². The Morgan fingerprint density at radius 1 is 1.08 bits per heavy atom. The van der Waals surface area contributed by atoms with Crippen LogP contribution in [-0.2, 0) is 0 Å². The van der Waals surface area contributed by atoms with Crippen molar-refractivity contribution in [1.29, 1.82) is 0 Å². The van der Waals surface area contributed by atoms with Crippen LogP contribution >= 0.6 is 0 Å². The largest absolute Gasteiger partial charge is 0.333 e. The van der Waals surface area contributed by atoms with E-state index in [-0.39, 0.29) is 18.0 Å². The predicted molar refractivity (Wildman–Crippen MR) is 92.8 cm³/mol. The Labute approximate surface area is 140 Å². The summed E-state index contributed by atoms with van der Waals surface area (Å²) in [6.07, 6.45) is 5.49. The van der Waals surface area contributed by atoms with Gasteiger partial charge in [0.1, 0.15) is 5.56 Å². The van der Waals surface area contributed by atoms with Crippen LogP contribution in [0.4, 0.5) is 0 Å². The van der Waals surface area contributed by atoms with E-state index >= 15 is 0 Å². The Bertz CT molecular complexity index is 877. The van der Waals surface area contributed by atoms with E-state index in [0.29, 0.717) is 11.2 Å². The third-order valence-corrected chi connectivity index (χ3v) is 4.89. The number of hydrogen-bond donors (Lipinski definition) is 0. The van der Waals surface area contributed by atoms with E-state index in [1.165, 1.54) is 0 Å². The van der Waals surface area contributed by atoms with Gasteiger partial charge in [-0.2, -0.15) is 5.10 Å². The molecule has 0 saturated carbocycles. The molecule has 0 aliphatic carbocycles. The number of nitrogens with zero attached hydrogens (tertiary/aromatic N) is 4. The van der Waals surface area contributed by atoms with Gasteiger partial charge < -0.3 is 4.90 Å². The highest BCUT2D eigenvalue weighted by atomic mass is 16.2. The minimum Gasteiger partial charge on any atom is -0.333 e. The van der Waals surface area contributed by atoms with Crippen LogP contribution in [0.25, 0.3) is 16.9 Å². The highest BCUT2D eigenvalue weighted by Gasteiger charge is 2.33. The number of carbonyl (C=O) groups is 1. The van der Waals surface area contributed by atoms with Crippen LogP contribution in [0.15, 0.2) is 48.8 Å². The molecule has 0 spiro atoms. The highest BCUT2D eigenvalue weighted by molar-refractivity contribution is 6.00. The van der Waals surface area contributed by atoms with Crippen molar-refractivity contribution in [1.82, 2.24) is 19.5 Å². The Morgan fingerprint density at radius 3 is 2.50 bits per heavy atom. The minimum absolute atomic E-state index is 0.0280. The smallest absolute Gasteiger partial charge is 0.259 e. The van der Waals surface area contributed by atoms with Crippen molar-refractivity contribution in [2.75, 3.05) is 0 Å². The molecule has 1 aromatic carbocycles. The first-order valence-electron chi connectivity index (χ1n) is 8.37. The van der Waals surface area contributed by atoms with Crippen molar-refractivity contribution < 1.29 is 4.79 Å². The highest BCUT2D eigenvalue weighted by Crippen LogP contribution is 2.27. The molecule has 1 aliphatic heterocycles. The van der Waals surface area contributed by atoms with E-state index < -0.39 is 0 Å². The van der Waals surface area contributed by atoms with Gasteiger partial charge in [-0.1, -0.05) is 30.3 Å². The fraction of sp³-hybridized carbons (Fsp3) is 0.316. The quantitative estimate of drug-likeness (QED) is 0.727. The summed E-state index contributed by atoms with van der Waals surface area (Å²) in [5, 5.41) is 4.44. The summed E-state index contributed by atoms with van der Waals surface area (Å²) in [7, 11) is 0. The lowest BCUT2D eigenvalue weighted by Crippen LogP contribution is -2.38. The molecule has 1 amide bonds. The Kier molecular flexibility index (Phi) is 3.56. The first-order valence-corrected chi connectivity index (χ1v) is 8.37. The van der Waals surface area contributed by atoms with E-state index in [1.54, 1.807) is 16.9 Å². The van der Waals surface area contributed by atoms with Gasteiger partial charge in [0.05, 0.1) is 11.9 Å². The average molecular weight is 320 g/mol. The molecule has 5 heteroatoms. The van der Waals surface area contributed by atoms with Crippen LogP contribution in [0.3, 0.4) is 0 Å². The van der Waals surface area contributed by atoms with Crippen molar-refractivity contribution in [3.8, 4) is 11.3 Å². The maximum Gasteiger partial charge on any atom is 0.259 e. The molecule has 1 saturated heterocycles. The Balaban J connectivity index is 1.80. The summed E-state index contributed by atoms with van der Waals surface area (Å²) in [4.78, 5) is 19.4. The summed E-state index contributed by atoms with van der Waals surface area (Å²) < 4.78 is 1.76. The van der Waals surface area contributed by atoms with Gasteiger partial charge >= 0.3 is 0 Å². The summed E-state index contributed by atoms with van der Waals surface area (Å²) in [5.74, 6) is 0.0280. The van der Waals surface area contributed by atoms with Crippen molar-refractivity contribution in [3.05, 3.63) is 54.4 Å². The van der Waals surface area contributed by atoms with Crippen LogP contribution in [-0.4, -0.2) is 37.5 Å². The monoisotopic (exact) mass is 320 g/mol. The van der Waals surface area contributed by atoms with Crippen molar-refractivity contribution in [2.24, 2.45) is 0 Å². The zero-order chi connectivity index (χ0) is 16.7. The van der Waals surface area contributed by atoms with Crippen LogP contribution in [0.2, 0.25) is 0 Å². The van der Waals surface area contributed by atoms with Gasteiger partial charge in [0, 0.05) is 23.8 Å². The lowest BCUT2D eigenvalue weighted by molar-refractivity contribution is 0.0694. The molecule has 1 fully saturated rings. The summed E-state index contributed by atoms with van der Waals surface area (Å²) >= 11 is 0. The molecular weight excluding hydrogens is 300 g/mol. The summed E-state index contributed by atoms with van der Waals surface area (Å²) in [6.45, 7) is 4.21. The number of hydrogen-bond acceptors (Lipinski definition) is 3. The molecule has 24 heavy (non-hydrogen) atoms. The molecule has 5 nitrogen and oxygen atoms in total. The lowest BCUT2D eigenvalue weighted by atomic mass is 10.1. The molecule has 122 valence electrons. The third kappa shape index (κ3) is 2.28. The summed E-state index contributed by atoms with van der Waals surface area (Å²) in [6, 6.07) is 12.5. The SMILES string of the molecule is CC1CCC(C)N1C(=O)c1cnn2c(-c3ccccc3)ccnc12. The van der Waals surface area contributed by atoms with E-state index in [1.807, 2.05) is 41.3 Å². The number of amides is 1. The van der Waals surface area contributed by atoms with Crippen LogP contribution in [0.5, 0.6) is 0 Å². The number of fused-ring (bicyclic) bond motifs is 1. The van der Waals surface area contributed by atoms with Crippen LogP contribution in [0.1, 0.15) is 37.0 Å². The number of aromatic nitrogens is 3. The second kappa shape index (κ2) is 5.74. The number of benzene rings is 1. The molecule has 3 heterocycles. The maximum absolute atomic E-state index is 13.0. The predicted octanol–water partition coefficient (Wildman–Crippen LogP) is 3.41. The van der Waals surface area contributed by atoms with E-state index in [2.05, 4.69) is 23.9 Å². The van der Waals surface area contributed by atoms with Gasteiger partial charge in [-0.05, 0) is 32.8 Å². The van der Waals surface area contributed by atoms with Gasteiger partial charge in [-0.15, -0.1) is 0 Å². The maximum atomic E-state index is 13.0. The van der Waals surface area contributed by atoms with Crippen LogP contribution < -0.4 is 0 Å². The molecule has 2 unspecified atom stereocenters. The molecule has 2 atom stereocenters. The van der Waals surface area contributed by atoms with Crippen LogP contribution in [0, 0.1) is 0 Å². The fourth-order valence-corrected chi connectivity index (χ4v) is 3.60. The standard InChI is InChI=1S/C19H20N4O/c1-13-8-9-14(2)22(13)19(24)16-12-21-23-17(10-11-20-18(16)23)15-6-4-3-5-7-15/h3-7,10-14H,8-9H2,1-2H3. The minimum atomic E-state index is 0.0280.